The fraction of sp³-hybridized carbons (Fsp3) is 0.292. The van der Waals surface area contributed by atoms with Gasteiger partial charge in [0.1, 0.15) is 18.1 Å². The quantitative estimate of drug-likeness (QED) is 0.582. The number of aromatic nitrogens is 2. The number of carboxylic acids is 1. The molecule has 4 bridgehead atoms. The molecule has 0 atom stereocenters. The molecule has 0 aliphatic carbocycles. The monoisotopic (exact) mass is 458 g/mol. The average Bonchev–Trinajstić information content (AvgIpc) is 2.75. The van der Waals surface area contributed by atoms with Gasteiger partial charge in [-0.1, -0.05) is 18.2 Å². The molecule has 172 valence electrons. The molecule has 0 amide bonds. The van der Waals surface area contributed by atoms with Crippen molar-refractivity contribution >= 4 is 5.97 Å². The molecular weight excluding hydrogens is 437 g/mol. The Labute approximate surface area is 188 Å². The van der Waals surface area contributed by atoms with Gasteiger partial charge in [-0.15, -0.1) is 0 Å². The summed E-state index contributed by atoms with van der Waals surface area (Å²) in [5.74, 6) is -0.278. The number of halogens is 3. The lowest BCUT2D eigenvalue weighted by Crippen LogP contribution is -2.13. The summed E-state index contributed by atoms with van der Waals surface area (Å²) >= 11 is 0. The number of ether oxygens (including phenoxy) is 2. The summed E-state index contributed by atoms with van der Waals surface area (Å²) in [6.45, 7) is 2.07. The predicted molar refractivity (Wildman–Crippen MR) is 113 cm³/mol. The summed E-state index contributed by atoms with van der Waals surface area (Å²) in [6.07, 6.45) is -4.14. The van der Waals surface area contributed by atoms with E-state index in [0.29, 0.717) is 34.9 Å². The Morgan fingerprint density at radius 3 is 2.70 bits per heavy atom. The maximum absolute atomic E-state index is 13.2. The van der Waals surface area contributed by atoms with E-state index >= 15 is 0 Å². The molecule has 4 rings (SSSR count). The summed E-state index contributed by atoms with van der Waals surface area (Å²) in [5.41, 5.74) is 2.59. The first-order chi connectivity index (χ1) is 15.7. The van der Waals surface area contributed by atoms with Crippen LogP contribution in [0, 0.1) is 6.92 Å². The van der Waals surface area contributed by atoms with Crippen molar-refractivity contribution in [3.8, 4) is 22.9 Å². The van der Waals surface area contributed by atoms with Crippen molar-refractivity contribution in [1.29, 1.82) is 0 Å². The highest BCUT2D eigenvalue weighted by atomic mass is 19.4. The van der Waals surface area contributed by atoms with E-state index in [1.54, 1.807) is 30.3 Å². The van der Waals surface area contributed by atoms with Crippen molar-refractivity contribution in [1.82, 2.24) is 9.97 Å². The SMILES string of the molecule is Cc1cc(CC(=O)O)c2cc1-c1cccc(n1)OCc1ccc(C(F)(F)F)nc1CCCO2. The van der Waals surface area contributed by atoms with Crippen LogP contribution in [0.4, 0.5) is 13.2 Å². The molecule has 0 radical (unpaired) electrons. The van der Waals surface area contributed by atoms with Gasteiger partial charge in [-0.2, -0.15) is 13.2 Å². The number of carbonyl (C=O) groups is 1. The lowest BCUT2D eigenvalue weighted by atomic mass is 9.99. The summed E-state index contributed by atoms with van der Waals surface area (Å²) in [5, 5.41) is 9.27. The minimum atomic E-state index is -4.55. The third kappa shape index (κ3) is 5.24. The van der Waals surface area contributed by atoms with Crippen molar-refractivity contribution in [3.05, 3.63) is 70.5 Å². The standard InChI is InChI=1S/C24H21F3N2O4/c1-14-10-16(11-23(30)31)20-12-17(14)19-4-2-6-22(29-19)33-13-15-7-8-21(24(25,26)27)28-18(15)5-3-9-32-20/h2,4,6-8,10,12H,3,5,9,11,13H2,1H3,(H,30,31). The third-order valence-electron chi connectivity index (χ3n) is 5.30. The highest BCUT2D eigenvalue weighted by molar-refractivity contribution is 5.74. The number of benzene rings is 1. The first-order valence-corrected chi connectivity index (χ1v) is 10.3. The Kier molecular flexibility index (Phi) is 6.22. The summed E-state index contributed by atoms with van der Waals surface area (Å²) in [6, 6.07) is 11.1. The largest absolute Gasteiger partial charge is 0.493 e. The minimum absolute atomic E-state index is 0.0273. The van der Waals surface area contributed by atoms with Crippen LogP contribution >= 0.6 is 0 Å². The van der Waals surface area contributed by atoms with Crippen molar-refractivity contribution in [2.45, 2.75) is 39.0 Å². The Bertz CT molecular complexity index is 1190. The van der Waals surface area contributed by atoms with E-state index in [-0.39, 0.29) is 31.7 Å². The molecule has 9 heteroatoms. The Hall–Kier alpha value is -3.62. The zero-order chi connectivity index (χ0) is 23.6. The van der Waals surface area contributed by atoms with Gasteiger partial charge in [0, 0.05) is 28.5 Å². The average molecular weight is 458 g/mol. The van der Waals surface area contributed by atoms with Crippen LogP contribution < -0.4 is 9.47 Å². The lowest BCUT2D eigenvalue weighted by molar-refractivity contribution is -0.141. The van der Waals surface area contributed by atoms with E-state index in [2.05, 4.69) is 9.97 Å². The lowest BCUT2D eigenvalue weighted by Gasteiger charge is -2.17. The molecule has 1 aliphatic heterocycles. The van der Waals surface area contributed by atoms with Gasteiger partial charge in [0.2, 0.25) is 5.88 Å². The Morgan fingerprint density at radius 1 is 1.12 bits per heavy atom. The van der Waals surface area contributed by atoms with Crippen molar-refractivity contribution < 1.29 is 32.5 Å². The maximum atomic E-state index is 13.2. The summed E-state index contributed by atoms with van der Waals surface area (Å²) < 4.78 is 51.2. The highest BCUT2D eigenvalue weighted by Gasteiger charge is 2.33. The van der Waals surface area contributed by atoms with E-state index in [0.717, 1.165) is 17.2 Å². The zero-order valence-corrected chi connectivity index (χ0v) is 17.8. The van der Waals surface area contributed by atoms with Gasteiger partial charge in [0.05, 0.1) is 18.7 Å². The number of hydrogen-bond acceptors (Lipinski definition) is 5. The van der Waals surface area contributed by atoms with Crippen LogP contribution in [0.15, 0.2) is 42.5 Å². The van der Waals surface area contributed by atoms with Crippen molar-refractivity contribution in [3.63, 3.8) is 0 Å². The molecule has 0 fully saturated rings. The zero-order valence-electron chi connectivity index (χ0n) is 17.8. The van der Waals surface area contributed by atoms with Crippen LogP contribution in [-0.4, -0.2) is 27.7 Å². The fourth-order valence-electron chi connectivity index (χ4n) is 3.71. The number of aryl methyl sites for hydroxylation is 2. The first-order valence-electron chi connectivity index (χ1n) is 10.3. The molecule has 0 unspecified atom stereocenters. The number of rotatable bonds is 2. The van der Waals surface area contributed by atoms with Gasteiger partial charge in [0.15, 0.2) is 0 Å². The second-order valence-electron chi connectivity index (χ2n) is 7.75. The van der Waals surface area contributed by atoms with Crippen LogP contribution in [0.3, 0.4) is 0 Å². The molecule has 0 saturated carbocycles. The van der Waals surface area contributed by atoms with Crippen LogP contribution in [0.2, 0.25) is 0 Å². The van der Waals surface area contributed by atoms with Gasteiger partial charge in [-0.3, -0.25) is 4.79 Å². The topological polar surface area (TPSA) is 81.5 Å². The molecule has 0 spiro atoms. The van der Waals surface area contributed by atoms with E-state index in [1.807, 2.05) is 6.92 Å². The van der Waals surface area contributed by atoms with Crippen molar-refractivity contribution in [2.75, 3.05) is 6.61 Å². The number of nitrogens with zero attached hydrogens (tertiary/aromatic N) is 2. The molecular formula is C24H21F3N2O4. The molecule has 1 N–H and O–H groups in total. The van der Waals surface area contributed by atoms with Crippen LogP contribution in [-0.2, 0) is 30.4 Å². The normalized spacial score (nSPS) is 13.8. The third-order valence-corrected chi connectivity index (χ3v) is 5.30. The second-order valence-corrected chi connectivity index (χ2v) is 7.75. The number of carboxylic acid groups (broad SMARTS) is 1. The predicted octanol–water partition coefficient (Wildman–Crippen LogP) is 5.00. The molecule has 1 aliphatic rings. The molecule has 3 aromatic rings. The van der Waals surface area contributed by atoms with Gasteiger partial charge in [-0.05, 0) is 43.5 Å². The summed E-state index contributed by atoms with van der Waals surface area (Å²) in [7, 11) is 0. The number of pyridine rings is 2. The number of aliphatic carboxylic acids is 1. The number of fused-ring (bicyclic) bond motifs is 6. The molecule has 3 heterocycles. The van der Waals surface area contributed by atoms with E-state index in [4.69, 9.17) is 9.47 Å². The number of hydrogen-bond donors (Lipinski definition) is 1. The van der Waals surface area contributed by atoms with Gasteiger partial charge in [-0.25, -0.2) is 9.97 Å². The van der Waals surface area contributed by atoms with Crippen LogP contribution in [0.1, 0.15) is 34.5 Å². The van der Waals surface area contributed by atoms with E-state index in [9.17, 15) is 23.1 Å². The van der Waals surface area contributed by atoms with Crippen LogP contribution in [0.5, 0.6) is 11.6 Å². The van der Waals surface area contributed by atoms with E-state index in [1.165, 1.54) is 6.07 Å². The second kappa shape index (κ2) is 9.09. The van der Waals surface area contributed by atoms with Gasteiger partial charge < -0.3 is 14.6 Å². The summed E-state index contributed by atoms with van der Waals surface area (Å²) in [4.78, 5) is 19.7. The molecule has 1 aromatic carbocycles. The highest BCUT2D eigenvalue weighted by Crippen LogP contribution is 2.33. The Balaban J connectivity index is 1.75. The van der Waals surface area contributed by atoms with Gasteiger partial charge in [0.25, 0.3) is 0 Å². The first kappa shape index (κ1) is 22.6. The van der Waals surface area contributed by atoms with E-state index < -0.39 is 17.8 Å². The fourth-order valence-corrected chi connectivity index (χ4v) is 3.71. The maximum Gasteiger partial charge on any atom is 0.433 e. The molecule has 6 nitrogen and oxygen atoms in total. The van der Waals surface area contributed by atoms with Crippen LogP contribution in [0.25, 0.3) is 11.3 Å². The molecule has 0 saturated heterocycles. The number of alkyl halides is 3. The Morgan fingerprint density at radius 2 is 1.94 bits per heavy atom. The molecule has 33 heavy (non-hydrogen) atoms. The minimum Gasteiger partial charge on any atom is -0.493 e. The van der Waals surface area contributed by atoms with Crippen molar-refractivity contribution in [2.24, 2.45) is 0 Å². The smallest absolute Gasteiger partial charge is 0.433 e. The van der Waals surface area contributed by atoms with Gasteiger partial charge >= 0.3 is 12.1 Å². The molecule has 2 aromatic heterocycles.